The Morgan fingerprint density at radius 1 is 1.13 bits per heavy atom. The quantitative estimate of drug-likeness (QED) is 0.429. The molecule has 5 heterocycles. The van der Waals surface area contributed by atoms with Crippen molar-refractivity contribution in [2.75, 3.05) is 55.7 Å². The second-order valence-corrected chi connectivity index (χ2v) is 13.3. The number of benzene rings is 1. The first-order valence-corrected chi connectivity index (χ1v) is 16.4. The van der Waals surface area contributed by atoms with Gasteiger partial charge < -0.3 is 19.4 Å². The summed E-state index contributed by atoms with van der Waals surface area (Å²) in [5.41, 5.74) is 4.39. The van der Waals surface area contributed by atoms with E-state index in [4.69, 9.17) is 14.7 Å². The van der Waals surface area contributed by atoms with Crippen LogP contribution in [0.3, 0.4) is 0 Å². The van der Waals surface area contributed by atoms with Gasteiger partial charge in [0.1, 0.15) is 18.6 Å². The average molecular weight is 618 g/mol. The van der Waals surface area contributed by atoms with Crippen LogP contribution in [-0.4, -0.2) is 95.3 Å². The fraction of sp³-hybridized carbons (Fsp3) is 0.588. The van der Waals surface area contributed by atoms with E-state index in [0.717, 1.165) is 75.1 Å². The van der Waals surface area contributed by atoms with Crippen LogP contribution >= 0.6 is 0 Å². The molecule has 0 spiro atoms. The van der Waals surface area contributed by atoms with Gasteiger partial charge in [0.05, 0.1) is 29.8 Å². The zero-order valence-electron chi connectivity index (χ0n) is 25.8. The van der Waals surface area contributed by atoms with Crippen molar-refractivity contribution in [2.24, 2.45) is 0 Å². The third-order valence-electron chi connectivity index (χ3n) is 10.6. The topological polar surface area (TPSA) is 88.8 Å². The van der Waals surface area contributed by atoms with Crippen LogP contribution in [0.15, 0.2) is 36.7 Å². The Hall–Kier alpha value is -3.78. The van der Waals surface area contributed by atoms with Crippen LogP contribution in [0.5, 0.6) is 6.01 Å². The van der Waals surface area contributed by atoms with E-state index >= 15 is 0 Å². The van der Waals surface area contributed by atoms with Crippen molar-refractivity contribution < 1.29 is 18.3 Å². The minimum Gasteiger partial charge on any atom is -0.461 e. The summed E-state index contributed by atoms with van der Waals surface area (Å²) in [6.45, 7) is 6.91. The molecule has 0 bridgehead atoms. The van der Waals surface area contributed by atoms with Crippen molar-refractivity contribution in [3.8, 4) is 12.1 Å². The first-order chi connectivity index (χ1) is 21.8. The summed E-state index contributed by atoms with van der Waals surface area (Å²) in [5, 5.41) is 9.54. The zero-order chi connectivity index (χ0) is 31.1. The van der Waals surface area contributed by atoms with Crippen LogP contribution in [0.4, 0.5) is 20.3 Å². The molecule has 3 saturated heterocycles. The highest BCUT2D eigenvalue weighted by Gasteiger charge is 2.49. The third-order valence-corrected chi connectivity index (χ3v) is 10.6. The summed E-state index contributed by atoms with van der Waals surface area (Å²) in [7, 11) is 0. The first-order valence-electron chi connectivity index (χ1n) is 16.4. The lowest BCUT2D eigenvalue weighted by molar-refractivity contribution is -0.131. The molecular weight excluding hydrogens is 576 g/mol. The highest BCUT2D eigenvalue weighted by molar-refractivity contribution is 5.91. The Bertz CT molecular complexity index is 1510. The fourth-order valence-corrected chi connectivity index (χ4v) is 8.49. The van der Waals surface area contributed by atoms with Crippen LogP contribution in [0.1, 0.15) is 55.3 Å². The van der Waals surface area contributed by atoms with Crippen molar-refractivity contribution in [3.63, 3.8) is 0 Å². The van der Waals surface area contributed by atoms with Crippen molar-refractivity contribution in [1.29, 1.82) is 5.26 Å². The number of aromatic nitrogens is 2. The van der Waals surface area contributed by atoms with E-state index in [1.54, 1.807) is 0 Å². The van der Waals surface area contributed by atoms with E-state index in [9.17, 15) is 18.8 Å². The number of anilines is 2. The van der Waals surface area contributed by atoms with Gasteiger partial charge in [-0.25, -0.2) is 8.78 Å². The summed E-state index contributed by atoms with van der Waals surface area (Å²) in [4.78, 5) is 30.8. The second kappa shape index (κ2) is 12.2. The number of alkyl halides is 1. The van der Waals surface area contributed by atoms with E-state index in [-0.39, 0.29) is 24.5 Å². The molecule has 1 aliphatic carbocycles. The summed E-state index contributed by atoms with van der Waals surface area (Å²) >= 11 is 0. The van der Waals surface area contributed by atoms with E-state index in [0.29, 0.717) is 38.7 Å². The summed E-state index contributed by atoms with van der Waals surface area (Å²) in [5.74, 6) is -1.02. The van der Waals surface area contributed by atoms with Crippen LogP contribution in [-0.2, 0) is 24.1 Å². The molecule has 7 rings (SSSR count). The third kappa shape index (κ3) is 5.62. The Morgan fingerprint density at radius 2 is 2.00 bits per heavy atom. The van der Waals surface area contributed by atoms with Gasteiger partial charge in [-0.15, -0.1) is 0 Å². The normalized spacial score (nSPS) is 27.8. The SMILES string of the molecule is C=C(F)C(=O)N1CCN(c2nc(OCC34CCCN3CC(F)C4)nc3c2CCC(N2CCCc4ccccc42)C3)C[C@@H]1CC#N. The molecule has 0 radical (unpaired) electrons. The molecule has 3 unspecified atom stereocenters. The van der Waals surface area contributed by atoms with Crippen LogP contribution < -0.4 is 14.5 Å². The molecule has 45 heavy (non-hydrogen) atoms. The van der Waals surface area contributed by atoms with Crippen molar-refractivity contribution in [2.45, 2.75) is 81.6 Å². The number of amides is 1. The van der Waals surface area contributed by atoms with Gasteiger partial charge in [0.25, 0.3) is 5.91 Å². The minimum absolute atomic E-state index is 0.0747. The molecule has 4 atom stereocenters. The van der Waals surface area contributed by atoms with Gasteiger partial charge >= 0.3 is 6.01 Å². The molecule has 4 aliphatic heterocycles. The van der Waals surface area contributed by atoms with Gasteiger partial charge in [-0.05, 0) is 56.7 Å². The molecular formula is C34H41F2N7O2. The van der Waals surface area contributed by atoms with E-state index in [2.05, 4.69) is 51.6 Å². The lowest BCUT2D eigenvalue weighted by Crippen LogP contribution is -2.55. The monoisotopic (exact) mass is 617 g/mol. The highest BCUT2D eigenvalue weighted by atomic mass is 19.1. The Kier molecular flexibility index (Phi) is 8.11. The molecule has 3 fully saturated rings. The number of hydrogen-bond acceptors (Lipinski definition) is 8. The zero-order valence-corrected chi connectivity index (χ0v) is 25.8. The fourth-order valence-electron chi connectivity index (χ4n) is 8.49. The molecule has 5 aliphatic rings. The van der Waals surface area contributed by atoms with Gasteiger partial charge in [0.15, 0.2) is 5.83 Å². The average Bonchev–Trinajstić information content (AvgIpc) is 3.58. The predicted octanol–water partition coefficient (Wildman–Crippen LogP) is 4.16. The van der Waals surface area contributed by atoms with E-state index in [1.807, 2.05) is 0 Å². The molecule has 1 aromatic carbocycles. The number of para-hydroxylation sites is 1. The van der Waals surface area contributed by atoms with Gasteiger partial charge in [-0.1, -0.05) is 24.8 Å². The van der Waals surface area contributed by atoms with Crippen molar-refractivity contribution in [3.05, 3.63) is 53.5 Å². The number of fused-ring (bicyclic) bond motifs is 3. The first kappa shape index (κ1) is 29.9. The number of ether oxygens (including phenoxy) is 1. The van der Waals surface area contributed by atoms with Crippen molar-refractivity contribution >= 4 is 17.4 Å². The lowest BCUT2D eigenvalue weighted by atomic mass is 9.88. The van der Waals surface area contributed by atoms with Gasteiger partial charge in [0.2, 0.25) is 0 Å². The van der Waals surface area contributed by atoms with Gasteiger partial charge in [-0.3, -0.25) is 9.69 Å². The maximum absolute atomic E-state index is 14.5. The second-order valence-electron chi connectivity index (χ2n) is 13.3. The Labute approximate surface area is 263 Å². The number of hydrogen-bond donors (Lipinski definition) is 0. The number of carbonyl (C=O) groups is 1. The number of halogens is 2. The molecule has 1 aromatic heterocycles. The molecule has 0 saturated carbocycles. The van der Waals surface area contributed by atoms with Gasteiger partial charge in [0, 0.05) is 62.9 Å². The maximum Gasteiger partial charge on any atom is 0.318 e. The molecule has 238 valence electrons. The summed E-state index contributed by atoms with van der Waals surface area (Å²) in [6.07, 6.45) is 6.32. The molecule has 11 heteroatoms. The number of nitrogens with zero attached hydrogens (tertiary/aromatic N) is 7. The number of nitriles is 1. The van der Waals surface area contributed by atoms with Crippen molar-refractivity contribution in [1.82, 2.24) is 19.8 Å². The Balaban J connectivity index is 1.19. The largest absolute Gasteiger partial charge is 0.461 e. The molecule has 1 amide bonds. The highest BCUT2D eigenvalue weighted by Crippen LogP contribution is 2.41. The van der Waals surface area contributed by atoms with Crippen LogP contribution in [0.2, 0.25) is 0 Å². The number of aryl methyl sites for hydroxylation is 1. The number of rotatable bonds is 7. The maximum atomic E-state index is 14.5. The lowest BCUT2D eigenvalue weighted by Gasteiger charge is -2.43. The Morgan fingerprint density at radius 3 is 2.84 bits per heavy atom. The number of piperazine rings is 1. The predicted molar refractivity (Wildman–Crippen MR) is 167 cm³/mol. The summed E-state index contributed by atoms with van der Waals surface area (Å²) in [6, 6.07) is 10.9. The molecule has 9 nitrogen and oxygen atoms in total. The van der Waals surface area contributed by atoms with Crippen LogP contribution in [0.25, 0.3) is 0 Å². The molecule has 2 aromatic rings. The van der Waals surface area contributed by atoms with E-state index < -0.39 is 23.9 Å². The summed E-state index contributed by atoms with van der Waals surface area (Å²) < 4.78 is 34.7. The van der Waals surface area contributed by atoms with Crippen LogP contribution in [0, 0.1) is 11.3 Å². The standard InChI is InChI=1S/C34H41F2N7O2/c1-23(35)32(44)43-17-16-40(21-27(43)11-13-37)31-28-10-9-26(42-15-4-7-24-6-2-3-8-30(24)42)18-29(28)38-33(39-31)45-22-34-12-5-14-41(34)20-25(36)19-34/h2-3,6,8,25-27H,1,4-5,7,9-12,14-22H2/t25?,26?,27-,34?/m0/s1. The van der Waals surface area contributed by atoms with E-state index in [1.165, 1.54) is 16.2 Å². The minimum atomic E-state index is -1.02. The molecule has 0 N–H and O–H groups in total. The number of carbonyl (C=O) groups excluding carboxylic acids is 1. The van der Waals surface area contributed by atoms with Gasteiger partial charge in [-0.2, -0.15) is 15.2 Å². The smallest absolute Gasteiger partial charge is 0.318 e.